The lowest BCUT2D eigenvalue weighted by atomic mass is 10.2. The third-order valence-corrected chi connectivity index (χ3v) is 3.86. The van der Waals surface area contributed by atoms with Gasteiger partial charge in [-0.05, 0) is 42.3 Å². The van der Waals surface area contributed by atoms with Crippen molar-refractivity contribution in [3.8, 4) is 17.2 Å². The molecule has 0 fully saturated rings. The first-order valence-electron chi connectivity index (χ1n) is 7.31. The second kappa shape index (κ2) is 8.13. The van der Waals surface area contributed by atoms with Crippen LogP contribution in [0.15, 0.2) is 36.4 Å². The van der Waals surface area contributed by atoms with Crippen LogP contribution in [0.2, 0.25) is 10.0 Å². The summed E-state index contributed by atoms with van der Waals surface area (Å²) in [4.78, 5) is 12.3. The third-order valence-electron chi connectivity index (χ3n) is 3.33. The number of carbonyl (C=O) groups excluding carboxylic acids is 1. The van der Waals surface area contributed by atoms with Gasteiger partial charge in [0.15, 0.2) is 17.6 Å². The Morgan fingerprint density at radius 1 is 1.17 bits per heavy atom. The molecular weight excluding hydrogens is 353 g/mol. The van der Waals surface area contributed by atoms with Crippen LogP contribution in [-0.4, -0.2) is 22.2 Å². The van der Waals surface area contributed by atoms with Crippen LogP contribution < -0.4 is 10.1 Å². The monoisotopic (exact) mass is 369 g/mol. The molecule has 7 heteroatoms. The van der Waals surface area contributed by atoms with Gasteiger partial charge in [-0.1, -0.05) is 36.2 Å². The molecule has 0 spiro atoms. The average Bonchev–Trinajstić information content (AvgIpc) is 2.55. The maximum atomic E-state index is 12.3. The normalized spacial score (nSPS) is 11.8. The van der Waals surface area contributed by atoms with E-state index >= 15 is 0 Å². The van der Waals surface area contributed by atoms with Crippen molar-refractivity contribution in [1.29, 1.82) is 0 Å². The van der Waals surface area contributed by atoms with E-state index in [1.165, 1.54) is 12.1 Å². The summed E-state index contributed by atoms with van der Waals surface area (Å²) in [5, 5.41) is 22.3. The van der Waals surface area contributed by atoms with E-state index in [-0.39, 0.29) is 24.0 Å². The predicted molar refractivity (Wildman–Crippen MR) is 92.8 cm³/mol. The third kappa shape index (κ3) is 4.69. The van der Waals surface area contributed by atoms with E-state index in [1.807, 2.05) is 6.92 Å². The van der Waals surface area contributed by atoms with Gasteiger partial charge in [-0.2, -0.15) is 0 Å². The van der Waals surface area contributed by atoms with E-state index < -0.39 is 6.10 Å². The Balaban J connectivity index is 1.99. The van der Waals surface area contributed by atoms with Gasteiger partial charge in [0, 0.05) is 11.6 Å². The molecule has 1 atom stereocenters. The highest BCUT2D eigenvalue weighted by molar-refractivity contribution is 6.35. The van der Waals surface area contributed by atoms with Crippen LogP contribution >= 0.6 is 23.2 Å². The molecule has 128 valence electrons. The van der Waals surface area contributed by atoms with E-state index in [4.69, 9.17) is 27.9 Å². The molecule has 0 aliphatic heterocycles. The van der Waals surface area contributed by atoms with Gasteiger partial charge in [0.2, 0.25) is 0 Å². The molecule has 0 aliphatic carbocycles. The summed E-state index contributed by atoms with van der Waals surface area (Å²) in [5.74, 6) is -0.378. The van der Waals surface area contributed by atoms with Gasteiger partial charge >= 0.3 is 0 Å². The zero-order valence-electron chi connectivity index (χ0n) is 12.9. The first kappa shape index (κ1) is 18.2. The summed E-state index contributed by atoms with van der Waals surface area (Å²) in [6.07, 6.45) is -0.264. The summed E-state index contributed by atoms with van der Waals surface area (Å²) in [7, 11) is 0. The number of carbonyl (C=O) groups is 1. The van der Waals surface area contributed by atoms with E-state index in [1.54, 1.807) is 24.3 Å². The van der Waals surface area contributed by atoms with Gasteiger partial charge in [-0.3, -0.25) is 4.79 Å². The number of hydrogen-bond acceptors (Lipinski definition) is 4. The van der Waals surface area contributed by atoms with E-state index in [9.17, 15) is 15.0 Å². The summed E-state index contributed by atoms with van der Waals surface area (Å²) in [6, 6.07) is 9.13. The molecule has 2 aromatic rings. The van der Waals surface area contributed by atoms with Crippen LogP contribution in [0.1, 0.15) is 18.9 Å². The van der Waals surface area contributed by atoms with Gasteiger partial charge in [-0.25, -0.2) is 0 Å². The van der Waals surface area contributed by atoms with Gasteiger partial charge in [0.1, 0.15) is 5.75 Å². The van der Waals surface area contributed by atoms with Gasteiger partial charge in [0.05, 0.1) is 5.02 Å². The molecule has 0 saturated carbocycles. The van der Waals surface area contributed by atoms with Crippen LogP contribution in [0.5, 0.6) is 17.2 Å². The number of benzene rings is 2. The molecule has 0 bridgehead atoms. The number of aromatic hydroxyl groups is 2. The maximum absolute atomic E-state index is 12.3. The molecule has 0 aliphatic rings. The van der Waals surface area contributed by atoms with Gasteiger partial charge in [0.25, 0.3) is 5.91 Å². The number of halogens is 2. The number of ether oxygens (including phenoxy) is 1. The highest BCUT2D eigenvalue weighted by Gasteiger charge is 2.19. The Morgan fingerprint density at radius 3 is 2.54 bits per heavy atom. The molecule has 3 N–H and O–H groups in total. The van der Waals surface area contributed by atoms with Crippen LogP contribution in [0, 0.1) is 0 Å². The number of amides is 1. The number of hydrogen-bond donors (Lipinski definition) is 3. The Kier molecular flexibility index (Phi) is 6.17. The van der Waals surface area contributed by atoms with Crippen molar-refractivity contribution in [2.24, 2.45) is 0 Å². The molecule has 2 rings (SSSR count). The molecule has 0 radical (unpaired) electrons. The molecular formula is C17H17Cl2NO4. The Labute approximate surface area is 149 Å². The largest absolute Gasteiger partial charge is 0.504 e. The Bertz CT molecular complexity index is 737. The molecule has 5 nitrogen and oxygen atoms in total. The molecule has 0 aromatic heterocycles. The first-order chi connectivity index (χ1) is 11.4. The molecule has 2 aromatic carbocycles. The standard InChI is InChI=1S/C17H17Cl2NO4/c1-2-15(24-16-6-4-11(18)8-12(16)19)17(23)20-9-10-3-5-13(21)14(22)7-10/h3-8,15,21-22H,2,9H2,1H3,(H,20,23). The van der Waals surface area contributed by atoms with Crippen molar-refractivity contribution in [3.05, 3.63) is 52.0 Å². The average molecular weight is 370 g/mol. The summed E-state index contributed by atoms with van der Waals surface area (Å²) >= 11 is 11.9. The molecule has 1 amide bonds. The predicted octanol–water partition coefficient (Wildman–Crippen LogP) is 3.88. The van der Waals surface area contributed by atoms with Crippen molar-refractivity contribution < 1.29 is 19.7 Å². The minimum Gasteiger partial charge on any atom is -0.504 e. The van der Waals surface area contributed by atoms with Crippen molar-refractivity contribution in [3.63, 3.8) is 0 Å². The second-order valence-corrected chi connectivity index (χ2v) is 5.97. The fourth-order valence-electron chi connectivity index (χ4n) is 2.03. The lowest BCUT2D eigenvalue weighted by Crippen LogP contribution is -2.37. The smallest absolute Gasteiger partial charge is 0.261 e. The lowest BCUT2D eigenvalue weighted by Gasteiger charge is -2.18. The van der Waals surface area contributed by atoms with Crippen LogP contribution in [0.3, 0.4) is 0 Å². The van der Waals surface area contributed by atoms with Crippen molar-refractivity contribution in [1.82, 2.24) is 5.32 Å². The highest BCUT2D eigenvalue weighted by Crippen LogP contribution is 2.29. The molecule has 1 unspecified atom stereocenters. The maximum Gasteiger partial charge on any atom is 0.261 e. The zero-order chi connectivity index (χ0) is 17.7. The van der Waals surface area contributed by atoms with Crippen molar-refractivity contribution in [2.45, 2.75) is 26.0 Å². The van der Waals surface area contributed by atoms with E-state index in [2.05, 4.69) is 5.32 Å². The second-order valence-electron chi connectivity index (χ2n) is 5.13. The lowest BCUT2D eigenvalue weighted by molar-refractivity contribution is -0.128. The number of phenolic OH excluding ortho intramolecular Hbond substituents is 2. The molecule has 0 saturated heterocycles. The van der Waals surface area contributed by atoms with E-state index in [0.717, 1.165) is 0 Å². The highest BCUT2D eigenvalue weighted by atomic mass is 35.5. The Hall–Kier alpha value is -2.11. The zero-order valence-corrected chi connectivity index (χ0v) is 14.4. The summed E-state index contributed by atoms with van der Waals surface area (Å²) in [6.45, 7) is 2.02. The minimum absolute atomic E-state index is 0.195. The fraction of sp³-hybridized carbons (Fsp3) is 0.235. The van der Waals surface area contributed by atoms with Crippen molar-refractivity contribution in [2.75, 3.05) is 0 Å². The van der Waals surface area contributed by atoms with Crippen LogP contribution in [-0.2, 0) is 11.3 Å². The number of nitrogens with one attached hydrogen (secondary N) is 1. The van der Waals surface area contributed by atoms with E-state index in [0.29, 0.717) is 27.8 Å². The summed E-state index contributed by atoms with van der Waals surface area (Å²) in [5.41, 5.74) is 0.651. The first-order valence-corrected chi connectivity index (χ1v) is 8.06. The SMILES string of the molecule is CCC(Oc1ccc(Cl)cc1Cl)C(=O)NCc1ccc(O)c(O)c1. The van der Waals surface area contributed by atoms with Gasteiger partial charge < -0.3 is 20.3 Å². The van der Waals surface area contributed by atoms with Crippen molar-refractivity contribution >= 4 is 29.1 Å². The van der Waals surface area contributed by atoms with Crippen LogP contribution in [0.25, 0.3) is 0 Å². The molecule has 24 heavy (non-hydrogen) atoms. The van der Waals surface area contributed by atoms with Crippen LogP contribution in [0.4, 0.5) is 0 Å². The quantitative estimate of drug-likeness (QED) is 0.675. The summed E-state index contributed by atoms with van der Waals surface area (Å²) < 4.78 is 5.65. The Morgan fingerprint density at radius 2 is 1.92 bits per heavy atom. The topological polar surface area (TPSA) is 78.8 Å². The number of phenols is 2. The van der Waals surface area contributed by atoms with Gasteiger partial charge in [-0.15, -0.1) is 0 Å². The molecule has 0 heterocycles. The fourth-order valence-corrected chi connectivity index (χ4v) is 2.48. The minimum atomic E-state index is -0.714. The number of rotatable bonds is 6.